The van der Waals surface area contributed by atoms with Gasteiger partial charge in [0.15, 0.2) is 0 Å². The van der Waals surface area contributed by atoms with E-state index in [1.54, 1.807) is 0 Å². The fraction of sp³-hybridized carbons (Fsp3) is 0.704. The minimum atomic E-state index is -0.462. The molecule has 2 aliphatic rings. The zero-order valence-corrected chi connectivity index (χ0v) is 21.4. The molecule has 3 atom stereocenters. The SMILES string of the molecule is CNC[C@@H](CC(=O)N1CCC[C@@H]([C@@H](OCCNC(=O)OC)c2ccccc2)C1)CC1CCOCC1. The van der Waals surface area contributed by atoms with E-state index in [4.69, 9.17) is 9.47 Å². The first-order valence-corrected chi connectivity index (χ1v) is 13.1. The van der Waals surface area contributed by atoms with E-state index in [2.05, 4.69) is 27.5 Å². The Labute approximate surface area is 210 Å². The minimum Gasteiger partial charge on any atom is -0.453 e. The van der Waals surface area contributed by atoms with Gasteiger partial charge in [0.1, 0.15) is 0 Å². The zero-order chi connectivity index (χ0) is 24.9. The van der Waals surface area contributed by atoms with Gasteiger partial charge in [-0.15, -0.1) is 0 Å². The van der Waals surface area contributed by atoms with Crippen LogP contribution in [0.25, 0.3) is 0 Å². The Bertz CT molecular complexity index is 756. The number of likely N-dealkylation sites (tertiary alicyclic amines) is 1. The van der Waals surface area contributed by atoms with Crippen LogP contribution in [0.5, 0.6) is 0 Å². The highest BCUT2D eigenvalue weighted by atomic mass is 16.5. The van der Waals surface area contributed by atoms with Crippen molar-refractivity contribution in [1.82, 2.24) is 15.5 Å². The van der Waals surface area contributed by atoms with Crippen molar-refractivity contribution in [3.63, 3.8) is 0 Å². The Hall–Kier alpha value is -2.16. The van der Waals surface area contributed by atoms with E-state index in [1.165, 1.54) is 7.11 Å². The normalized spacial score (nSPS) is 20.7. The molecule has 2 heterocycles. The van der Waals surface area contributed by atoms with Crippen LogP contribution in [-0.2, 0) is 19.0 Å². The molecule has 2 N–H and O–H groups in total. The van der Waals surface area contributed by atoms with Gasteiger partial charge in [-0.2, -0.15) is 0 Å². The van der Waals surface area contributed by atoms with Gasteiger partial charge >= 0.3 is 6.09 Å². The number of carbonyl (C=O) groups is 2. The highest BCUT2D eigenvalue weighted by molar-refractivity contribution is 5.76. The van der Waals surface area contributed by atoms with E-state index >= 15 is 0 Å². The average Bonchev–Trinajstić information content (AvgIpc) is 2.89. The number of amides is 2. The Balaban J connectivity index is 1.59. The molecule has 8 nitrogen and oxygen atoms in total. The van der Waals surface area contributed by atoms with Crippen LogP contribution in [0, 0.1) is 17.8 Å². The van der Waals surface area contributed by atoms with Crippen molar-refractivity contribution in [3.05, 3.63) is 35.9 Å². The topological polar surface area (TPSA) is 89.1 Å². The average molecular weight is 490 g/mol. The smallest absolute Gasteiger partial charge is 0.406 e. The number of methoxy groups -OCH3 is 1. The molecule has 0 saturated carbocycles. The quantitative estimate of drug-likeness (QED) is 0.438. The summed E-state index contributed by atoms with van der Waals surface area (Å²) in [4.78, 5) is 26.8. The molecule has 0 aromatic heterocycles. The molecule has 0 spiro atoms. The molecule has 8 heteroatoms. The second kappa shape index (κ2) is 15.1. The van der Waals surface area contributed by atoms with E-state index in [-0.39, 0.29) is 17.9 Å². The summed E-state index contributed by atoms with van der Waals surface area (Å²) in [6, 6.07) is 10.2. The monoisotopic (exact) mass is 489 g/mol. The Morgan fingerprint density at radius 3 is 2.66 bits per heavy atom. The van der Waals surface area contributed by atoms with Crippen LogP contribution in [-0.4, -0.2) is 77.1 Å². The third-order valence-corrected chi connectivity index (χ3v) is 7.18. The standard InChI is InChI=1S/C27H43N3O5/c1-28-19-22(17-21-10-14-34-15-11-21)18-25(31)30-13-6-9-24(20-30)26(23-7-4-3-5-8-23)35-16-12-29-27(32)33-2/h3-5,7-8,21-22,24,26,28H,6,9-20H2,1-2H3,(H,29,32)/t22-,24-,26+/m1/s1. The molecule has 2 amide bonds. The molecule has 0 aliphatic carbocycles. The van der Waals surface area contributed by atoms with Crippen LogP contribution in [0.2, 0.25) is 0 Å². The summed E-state index contributed by atoms with van der Waals surface area (Å²) >= 11 is 0. The molecule has 0 radical (unpaired) electrons. The molecule has 2 fully saturated rings. The van der Waals surface area contributed by atoms with E-state index in [0.717, 1.165) is 64.0 Å². The molecule has 0 bridgehead atoms. The maximum absolute atomic E-state index is 13.4. The predicted octanol–water partition coefficient (Wildman–Crippen LogP) is 3.38. The maximum Gasteiger partial charge on any atom is 0.406 e. The van der Waals surface area contributed by atoms with Gasteiger partial charge in [-0.25, -0.2) is 4.79 Å². The van der Waals surface area contributed by atoms with E-state index in [0.29, 0.717) is 38.0 Å². The molecule has 2 aliphatic heterocycles. The number of benzene rings is 1. The first-order chi connectivity index (χ1) is 17.1. The lowest BCUT2D eigenvalue weighted by molar-refractivity contribution is -0.135. The number of nitrogens with zero attached hydrogens (tertiary/aromatic N) is 1. The largest absolute Gasteiger partial charge is 0.453 e. The third kappa shape index (κ3) is 9.09. The molecule has 35 heavy (non-hydrogen) atoms. The van der Waals surface area contributed by atoms with Crippen molar-refractivity contribution < 1.29 is 23.8 Å². The Morgan fingerprint density at radius 1 is 1.17 bits per heavy atom. The summed E-state index contributed by atoms with van der Waals surface area (Å²) in [7, 11) is 3.32. The molecule has 1 aromatic rings. The summed E-state index contributed by atoms with van der Waals surface area (Å²) in [5.41, 5.74) is 1.11. The van der Waals surface area contributed by atoms with Gasteiger partial charge in [0.2, 0.25) is 5.91 Å². The summed E-state index contributed by atoms with van der Waals surface area (Å²) < 4.78 is 16.4. The van der Waals surface area contributed by atoms with Crippen LogP contribution in [0.15, 0.2) is 30.3 Å². The summed E-state index contributed by atoms with van der Waals surface area (Å²) in [6.07, 6.45) is 5.26. The van der Waals surface area contributed by atoms with E-state index in [9.17, 15) is 9.59 Å². The van der Waals surface area contributed by atoms with Gasteiger partial charge in [-0.1, -0.05) is 30.3 Å². The van der Waals surface area contributed by atoms with Crippen molar-refractivity contribution in [2.75, 3.05) is 60.2 Å². The predicted molar refractivity (Wildman–Crippen MR) is 135 cm³/mol. The van der Waals surface area contributed by atoms with Crippen molar-refractivity contribution in [2.45, 2.75) is 44.6 Å². The molecule has 196 valence electrons. The lowest BCUT2D eigenvalue weighted by Gasteiger charge is -2.38. The molecular weight excluding hydrogens is 446 g/mol. The number of alkyl carbamates (subject to hydrolysis) is 1. The molecular formula is C27H43N3O5. The van der Waals surface area contributed by atoms with E-state index in [1.807, 2.05) is 30.1 Å². The van der Waals surface area contributed by atoms with Crippen LogP contribution < -0.4 is 10.6 Å². The number of piperidine rings is 1. The van der Waals surface area contributed by atoms with Crippen molar-refractivity contribution in [1.29, 1.82) is 0 Å². The maximum atomic E-state index is 13.4. The van der Waals surface area contributed by atoms with Gasteiger partial charge in [0, 0.05) is 45.2 Å². The second-order valence-electron chi connectivity index (χ2n) is 9.78. The van der Waals surface area contributed by atoms with Crippen molar-refractivity contribution in [3.8, 4) is 0 Å². The number of hydrogen-bond acceptors (Lipinski definition) is 6. The molecule has 0 unspecified atom stereocenters. The third-order valence-electron chi connectivity index (χ3n) is 7.18. The lowest BCUT2D eigenvalue weighted by atomic mass is 9.85. The van der Waals surface area contributed by atoms with Crippen molar-refractivity contribution in [2.24, 2.45) is 17.8 Å². The summed E-state index contributed by atoms with van der Waals surface area (Å²) in [6.45, 7) is 4.82. The van der Waals surface area contributed by atoms with Crippen LogP contribution in [0.4, 0.5) is 4.79 Å². The zero-order valence-electron chi connectivity index (χ0n) is 21.4. The number of carbonyl (C=O) groups excluding carboxylic acids is 2. The van der Waals surface area contributed by atoms with E-state index < -0.39 is 6.09 Å². The summed E-state index contributed by atoms with van der Waals surface area (Å²) in [5.74, 6) is 1.47. The minimum absolute atomic E-state index is 0.124. The second-order valence-corrected chi connectivity index (χ2v) is 9.78. The highest BCUT2D eigenvalue weighted by Crippen LogP contribution is 2.33. The number of ether oxygens (including phenoxy) is 3. The molecule has 2 saturated heterocycles. The van der Waals surface area contributed by atoms with Gasteiger partial charge in [-0.05, 0) is 63.1 Å². The first-order valence-electron chi connectivity index (χ1n) is 13.1. The fourth-order valence-corrected chi connectivity index (χ4v) is 5.40. The van der Waals surface area contributed by atoms with Gasteiger partial charge < -0.3 is 29.7 Å². The first kappa shape index (κ1) is 27.4. The van der Waals surface area contributed by atoms with Crippen molar-refractivity contribution >= 4 is 12.0 Å². The molecule has 3 rings (SSSR count). The van der Waals surface area contributed by atoms with Gasteiger partial charge in [-0.3, -0.25) is 4.79 Å². The summed E-state index contributed by atoms with van der Waals surface area (Å²) in [5, 5.41) is 5.97. The number of nitrogens with one attached hydrogen (secondary N) is 2. The number of rotatable bonds is 12. The number of hydrogen-bond donors (Lipinski definition) is 2. The fourth-order valence-electron chi connectivity index (χ4n) is 5.40. The Morgan fingerprint density at radius 2 is 1.94 bits per heavy atom. The lowest BCUT2D eigenvalue weighted by Crippen LogP contribution is -2.43. The van der Waals surface area contributed by atoms with Gasteiger partial charge in [0.25, 0.3) is 0 Å². The molecule has 1 aromatic carbocycles. The van der Waals surface area contributed by atoms with Gasteiger partial charge in [0.05, 0.1) is 19.8 Å². The van der Waals surface area contributed by atoms with Crippen LogP contribution in [0.1, 0.15) is 50.2 Å². The van der Waals surface area contributed by atoms with Crippen LogP contribution in [0.3, 0.4) is 0 Å². The van der Waals surface area contributed by atoms with Crippen LogP contribution >= 0.6 is 0 Å². The highest BCUT2D eigenvalue weighted by Gasteiger charge is 2.32. The Kier molecular flexibility index (Phi) is 11.8.